The number of nitrogens with zero attached hydrogens (tertiary/aromatic N) is 2. The first-order valence-corrected chi connectivity index (χ1v) is 7.93. The molecule has 1 aromatic rings. The Bertz CT molecular complexity index is 397. The van der Waals surface area contributed by atoms with Crippen LogP contribution in [-0.4, -0.2) is 15.8 Å². The average Bonchev–Trinajstić information content (AvgIpc) is 2.80. The largest absolute Gasteiger partial charge is 0.308 e. The molecule has 1 aromatic heterocycles. The molecule has 0 aliphatic heterocycles. The van der Waals surface area contributed by atoms with E-state index in [0.29, 0.717) is 6.04 Å². The minimum Gasteiger partial charge on any atom is -0.308 e. The molecule has 0 amide bonds. The van der Waals surface area contributed by atoms with Gasteiger partial charge in [0.05, 0.1) is 11.4 Å². The molecule has 0 aromatic carbocycles. The summed E-state index contributed by atoms with van der Waals surface area (Å²) in [5.41, 5.74) is 2.55. The number of nitrogens with one attached hydrogen (secondary N) is 1. The summed E-state index contributed by atoms with van der Waals surface area (Å²) in [5, 5.41) is 8.38. The first kappa shape index (κ1) is 14.6. The molecule has 0 saturated heterocycles. The van der Waals surface area contributed by atoms with Crippen LogP contribution in [0.3, 0.4) is 0 Å². The van der Waals surface area contributed by atoms with Crippen LogP contribution in [-0.2, 0) is 19.5 Å². The number of aryl methyl sites for hydroxylation is 2. The molecule has 2 rings (SSSR count). The summed E-state index contributed by atoms with van der Waals surface area (Å²) in [6, 6.07) is 2.94. The van der Waals surface area contributed by atoms with Crippen molar-refractivity contribution in [3.63, 3.8) is 0 Å². The van der Waals surface area contributed by atoms with E-state index in [1.807, 2.05) is 0 Å². The Kier molecular flexibility index (Phi) is 5.03. The number of rotatable bonds is 5. The van der Waals surface area contributed by atoms with Gasteiger partial charge in [-0.15, -0.1) is 0 Å². The molecule has 0 bridgehead atoms. The summed E-state index contributed by atoms with van der Waals surface area (Å²) >= 11 is 0. The maximum Gasteiger partial charge on any atom is 0.0625 e. The second kappa shape index (κ2) is 6.56. The third-order valence-electron chi connectivity index (χ3n) is 4.55. The van der Waals surface area contributed by atoms with Gasteiger partial charge in [0.25, 0.3) is 0 Å². The Morgan fingerprint density at radius 3 is 2.74 bits per heavy atom. The lowest BCUT2D eigenvalue weighted by Gasteiger charge is -2.33. The lowest BCUT2D eigenvalue weighted by molar-refractivity contribution is 0.226. The number of hydrogen-bond donors (Lipinski definition) is 1. The SMILES string of the molecule is CCc1cc(CNC2CCC(C)CC2C)n(CC)n1. The summed E-state index contributed by atoms with van der Waals surface area (Å²) in [6.07, 6.45) is 5.08. The Morgan fingerprint density at radius 1 is 1.32 bits per heavy atom. The first-order valence-electron chi connectivity index (χ1n) is 7.93. The highest BCUT2D eigenvalue weighted by Crippen LogP contribution is 2.28. The van der Waals surface area contributed by atoms with E-state index < -0.39 is 0 Å². The van der Waals surface area contributed by atoms with Gasteiger partial charge in [-0.1, -0.05) is 20.8 Å². The number of hydrogen-bond acceptors (Lipinski definition) is 2. The summed E-state index contributed by atoms with van der Waals surface area (Å²) < 4.78 is 2.14. The summed E-state index contributed by atoms with van der Waals surface area (Å²) in [7, 11) is 0. The van der Waals surface area contributed by atoms with Crippen LogP contribution in [0, 0.1) is 11.8 Å². The fourth-order valence-corrected chi connectivity index (χ4v) is 3.31. The zero-order valence-electron chi connectivity index (χ0n) is 12.9. The van der Waals surface area contributed by atoms with E-state index in [1.54, 1.807) is 0 Å². The van der Waals surface area contributed by atoms with Crippen LogP contribution in [0.1, 0.15) is 58.3 Å². The lowest BCUT2D eigenvalue weighted by Crippen LogP contribution is -2.39. The Labute approximate surface area is 117 Å². The average molecular weight is 263 g/mol. The normalized spacial score (nSPS) is 27.7. The van der Waals surface area contributed by atoms with E-state index in [4.69, 9.17) is 0 Å². The van der Waals surface area contributed by atoms with Gasteiger partial charge in [0.1, 0.15) is 0 Å². The standard InChI is InChI=1S/C16H29N3/c1-5-14-10-15(19(6-2)18-14)11-17-16-8-7-12(3)9-13(16)4/h10,12-13,16-17H,5-9,11H2,1-4H3. The third-order valence-corrected chi connectivity index (χ3v) is 4.55. The zero-order valence-corrected chi connectivity index (χ0v) is 12.9. The van der Waals surface area contributed by atoms with Crippen molar-refractivity contribution in [2.45, 2.75) is 72.5 Å². The van der Waals surface area contributed by atoms with E-state index in [1.165, 1.54) is 30.7 Å². The summed E-state index contributed by atoms with van der Waals surface area (Å²) in [5.74, 6) is 1.70. The predicted molar refractivity (Wildman–Crippen MR) is 80.1 cm³/mol. The Hall–Kier alpha value is -0.830. The van der Waals surface area contributed by atoms with E-state index in [2.05, 4.69) is 48.9 Å². The molecule has 3 heteroatoms. The molecule has 1 fully saturated rings. The highest BCUT2D eigenvalue weighted by molar-refractivity contribution is 5.10. The van der Waals surface area contributed by atoms with E-state index >= 15 is 0 Å². The van der Waals surface area contributed by atoms with Crippen molar-refractivity contribution in [3.8, 4) is 0 Å². The maximum absolute atomic E-state index is 4.62. The maximum atomic E-state index is 4.62. The smallest absolute Gasteiger partial charge is 0.0625 e. The minimum atomic E-state index is 0.682. The molecule has 3 unspecified atom stereocenters. The molecule has 0 radical (unpaired) electrons. The lowest BCUT2D eigenvalue weighted by atomic mass is 9.80. The van der Waals surface area contributed by atoms with Gasteiger partial charge >= 0.3 is 0 Å². The molecule has 1 saturated carbocycles. The van der Waals surface area contributed by atoms with Gasteiger partial charge in [-0.05, 0) is 50.5 Å². The molecule has 1 aliphatic rings. The van der Waals surface area contributed by atoms with Crippen molar-refractivity contribution in [2.75, 3.05) is 0 Å². The highest BCUT2D eigenvalue weighted by atomic mass is 15.3. The molecule has 1 aliphatic carbocycles. The van der Waals surface area contributed by atoms with Crippen molar-refractivity contribution in [3.05, 3.63) is 17.5 Å². The summed E-state index contributed by atoms with van der Waals surface area (Å²) in [4.78, 5) is 0. The summed E-state index contributed by atoms with van der Waals surface area (Å²) in [6.45, 7) is 11.0. The van der Waals surface area contributed by atoms with E-state index in [9.17, 15) is 0 Å². The third kappa shape index (κ3) is 3.59. The van der Waals surface area contributed by atoms with Crippen LogP contribution in [0.25, 0.3) is 0 Å². The highest BCUT2D eigenvalue weighted by Gasteiger charge is 2.24. The minimum absolute atomic E-state index is 0.682. The zero-order chi connectivity index (χ0) is 13.8. The molecular weight excluding hydrogens is 234 g/mol. The molecule has 3 nitrogen and oxygen atoms in total. The van der Waals surface area contributed by atoms with Crippen molar-refractivity contribution < 1.29 is 0 Å². The van der Waals surface area contributed by atoms with Crippen molar-refractivity contribution >= 4 is 0 Å². The van der Waals surface area contributed by atoms with Crippen LogP contribution in [0.2, 0.25) is 0 Å². The van der Waals surface area contributed by atoms with Crippen LogP contribution in [0.15, 0.2) is 6.07 Å². The van der Waals surface area contributed by atoms with Crippen LogP contribution in [0.4, 0.5) is 0 Å². The van der Waals surface area contributed by atoms with Crippen molar-refractivity contribution in [1.29, 1.82) is 0 Å². The molecule has 19 heavy (non-hydrogen) atoms. The Balaban J connectivity index is 1.93. The van der Waals surface area contributed by atoms with Gasteiger partial charge in [-0.3, -0.25) is 4.68 Å². The first-order chi connectivity index (χ1) is 9.13. The van der Waals surface area contributed by atoms with Gasteiger partial charge in [0.2, 0.25) is 0 Å². The monoisotopic (exact) mass is 263 g/mol. The van der Waals surface area contributed by atoms with Gasteiger partial charge in [0, 0.05) is 19.1 Å². The van der Waals surface area contributed by atoms with E-state index in [-0.39, 0.29) is 0 Å². The fourth-order valence-electron chi connectivity index (χ4n) is 3.31. The van der Waals surface area contributed by atoms with Gasteiger partial charge in [-0.25, -0.2) is 0 Å². The fraction of sp³-hybridized carbons (Fsp3) is 0.812. The molecule has 0 spiro atoms. The molecular formula is C16H29N3. The topological polar surface area (TPSA) is 29.9 Å². The Morgan fingerprint density at radius 2 is 2.11 bits per heavy atom. The van der Waals surface area contributed by atoms with Gasteiger partial charge in [0.15, 0.2) is 0 Å². The van der Waals surface area contributed by atoms with Gasteiger partial charge < -0.3 is 5.32 Å². The quantitative estimate of drug-likeness (QED) is 0.882. The molecule has 3 atom stereocenters. The van der Waals surface area contributed by atoms with Crippen LogP contribution >= 0.6 is 0 Å². The van der Waals surface area contributed by atoms with Crippen molar-refractivity contribution in [1.82, 2.24) is 15.1 Å². The molecule has 108 valence electrons. The molecule has 1 heterocycles. The van der Waals surface area contributed by atoms with Crippen molar-refractivity contribution in [2.24, 2.45) is 11.8 Å². The van der Waals surface area contributed by atoms with Crippen LogP contribution < -0.4 is 5.32 Å². The molecule has 1 N–H and O–H groups in total. The van der Waals surface area contributed by atoms with E-state index in [0.717, 1.165) is 31.3 Å². The predicted octanol–water partition coefficient (Wildman–Crippen LogP) is 3.38. The van der Waals surface area contributed by atoms with Crippen LogP contribution in [0.5, 0.6) is 0 Å². The second-order valence-corrected chi connectivity index (χ2v) is 6.18. The van der Waals surface area contributed by atoms with Gasteiger partial charge in [-0.2, -0.15) is 5.10 Å². The second-order valence-electron chi connectivity index (χ2n) is 6.18. The number of aromatic nitrogens is 2.